The van der Waals surface area contributed by atoms with E-state index in [0.717, 1.165) is 11.1 Å². The molecule has 0 amide bonds. The molecule has 0 aliphatic heterocycles. The van der Waals surface area contributed by atoms with E-state index in [4.69, 9.17) is 4.74 Å². The number of nitrogens with zero attached hydrogens (tertiary/aromatic N) is 4. The van der Waals surface area contributed by atoms with Gasteiger partial charge >= 0.3 is 11.6 Å². The lowest BCUT2D eigenvalue weighted by Gasteiger charge is -2.10. The highest BCUT2D eigenvalue weighted by molar-refractivity contribution is 5.67. The van der Waals surface area contributed by atoms with Crippen LogP contribution >= 0.6 is 0 Å². The highest BCUT2D eigenvalue weighted by atomic mass is 16.6. The van der Waals surface area contributed by atoms with Crippen molar-refractivity contribution in [2.75, 3.05) is 5.32 Å². The van der Waals surface area contributed by atoms with Crippen molar-refractivity contribution in [2.45, 2.75) is 13.8 Å². The van der Waals surface area contributed by atoms with Crippen LogP contribution in [-0.2, 0) is 0 Å². The lowest BCUT2D eigenvalue weighted by molar-refractivity contribution is -0.385. The molecule has 126 valence electrons. The first-order valence-corrected chi connectivity index (χ1v) is 7.46. The molecule has 1 N–H and O–H groups in total. The average Bonchev–Trinajstić information content (AvgIpc) is 2.54. The number of hydrogen-bond donors (Lipinski definition) is 1. The molecule has 0 saturated carbocycles. The van der Waals surface area contributed by atoms with E-state index in [1.807, 2.05) is 19.9 Å². The van der Waals surface area contributed by atoms with Crippen molar-refractivity contribution in [1.82, 2.24) is 15.0 Å². The van der Waals surface area contributed by atoms with Crippen molar-refractivity contribution in [1.29, 1.82) is 0 Å². The van der Waals surface area contributed by atoms with Gasteiger partial charge in [-0.15, -0.1) is 0 Å². The summed E-state index contributed by atoms with van der Waals surface area (Å²) >= 11 is 0. The molecule has 0 bridgehead atoms. The van der Waals surface area contributed by atoms with Crippen LogP contribution < -0.4 is 10.1 Å². The van der Waals surface area contributed by atoms with Crippen molar-refractivity contribution < 1.29 is 9.66 Å². The lowest BCUT2D eigenvalue weighted by Crippen LogP contribution is -2.04. The molecule has 1 aromatic carbocycles. The number of nitrogens with one attached hydrogen (secondary N) is 1. The summed E-state index contributed by atoms with van der Waals surface area (Å²) in [6, 6.07) is 10.7. The Bertz CT molecular complexity index is 895. The summed E-state index contributed by atoms with van der Waals surface area (Å²) in [5.41, 5.74) is 1.62. The van der Waals surface area contributed by atoms with E-state index in [0.29, 0.717) is 11.6 Å². The van der Waals surface area contributed by atoms with Gasteiger partial charge in [0.05, 0.1) is 4.92 Å². The van der Waals surface area contributed by atoms with Crippen LogP contribution in [0.3, 0.4) is 0 Å². The maximum absolute atomic E-state index is 11.5. The molecule has 0 unspecified atom stereocenters. The number of anilines is 2. The van der Waals surface area contributed by atoms with Crippen LogP contribution in [0.15, 0.2) is 48.9 Å². The second kappa shape index (κ2) is 6.91. The molecule has 0 aliphatic carbocycles. The minimum atomic E-state index is -0.580. The van der Waals surface area contributed by atoms with Crippen LogP contribution in [0.25, 0.3) is 0 Å². The van der Waals surface area contributed by atoms with Gasteiger partial charge in [-0.05, 0) is 49.2 Å². The highest BCUT2D eigenvalue weighted by Gasteiger charge is 2.25. The molecular formula is C17H15N5O3. The van der Waals surface area contributed by atoms with E-state index in [1.165, 1.54) is 6.33 Å². The number of aromatic nitrogens is 3. The Hall–Kier alpha value is -3.55. The van der Waals surface area contributed by atoms with E-state index in [1.54, 1.807) is 36.5 Å². The van der Waals surface area contributed by atoms with Crippen LogP contribution in [0.2, 0.25) is 0 Å². The Labute approximate surface area is 143 Å². The minimum absolute atomic E-state index is 0.0121. The summed E-state index contributed by atoms with van der Waals surface area (Å²) in [6.07, 6.45) is 2.78. The fourth-order valence-electron chi connectivity index (χ4n) is 2.35. The van der Waals surface area contributed by atoms with E-state index in [2.05, 4.69) is 20.3 Å². The van der Waals surface area contributed by atoms with Gasteiger partial charge in [-0.25, -0.2) is 9.97 Å². The molecule has 0 atom stereocenters. The molecule has 8 heteroatoms. The summed E-state index contributed by atoms with van der Waals surface area (Å²) in [7, 11) is 0. The first-order chi connectivity index (χ1) is 12.0. The summed E-state index contributed by atoms with van der Waals surface area (Å²) in [5, 5.41) is 14.4. The van der Waals surface area contributed by atoms with E-state index < -0.39 is 4.92 Å². The monoisotopic (exact) mass is 337 g/mol. The molecule has 2 heterocycles. The first-order valence-electron chi connectivity index (χ1n) is 7.46. The fourth-order valence-corrected chi connectivity index (χ4v) is 2.35. The van der Waals surface area contributed by atoms with Crippen LogP contribution in [0.1, 0.15) is 11.1 Å². The maximum Gasteiger partial charge on any atom is 0.373 e. The Morgan fingerprint density at radius 3 is 2.48 bits per heavy atom. The van der Waals surface area contributed by atoms with E-state index in [9.17, 15) is 10.1 Å². The van der Waals surface area contributed by atoms with Crippen LogP contribution in [0.4, 0.5) is 17.3 Å². The number of ether oxygens (including phenoxy) is 1. The number of rotatable bonds is 5. The summed E-state index contributed by atoms with van der Waals surface area (Å²) < 4.78 is 5.66. The largest absolute Gasteiger partial charge is 0.434 e. The van der Waals surface area contributed by atoms with Gasteiger partial charge in [-0.1, -0.05) is 12.1 Å². The zero-order chi connectivity index (χ0) is 17.8. The minimum Gasteiger partial charge on any atom is -0.434 e. The number of aryl methyl sites for hydroxylation is 2. The smallest absolute Gasteiger partial charge is 0.373 e. The molecule has 8 nitrogen and oxygen atoms in total. The van der Waals surface area contributed by atoms with Gasteiger partial charge in [-0.3, -0.25) is 10.1 Å². The van der Waals surface area contributed by atoms with Crippen LogP contribution in [0.5, 0.6) is 11.6 Å². The van der Waals surface area contributed by atoms with Gasteiger partial charge in [0.2, 0.25) is 5.82 Å². The van der Waals surface area contributed by atoms with Gasteiger partial charge in [0, 0.05) is 6.20 Å². The van der Waals surface area contributed by atoms with Crippen LogP contribution in [0, 0.1) is 24.0 Å². The molecule has 2 aromatic heterocycles. The van der Waals surface area contributed by atoms with Gasteiger partial charge in [0.1, 0.15) is 17.9 Å². The average molecular weight is 337 g/mol. The van der Waals surface area contributed by atoms with Crippen molar-refractivity contribution in [3.05, 3.63) is 70.2 Å². The predicted molar refractivity (Wildman–Crippen MR) is 92.2 cm³/mol. The topological polar surface area (TPSA) is 103 Å². The summed E-state index contributed by atoms with van der Waals surface area (Å²) in [5.74, 6) is 0.784. The van der Waals surface area contributed by atoms with Gasteiger partial charge in [-0.2, -0.15) is 4.98 Å². The quantitative estimate of drug-likeness (QED) is 0.555. The number of hydrogen-bond acceptors (Lipinski definition) is 7. The summed E-state index contributed by atoms with van der Waals surface area (Å²) in [6.45, 7) is 3.84. The van der Waals surface area contributed by atoms with E-state index in [-0.39, 0.29) is 17.4 Å². The third kappa shape index (κ3) is 3.86. The Kier molecular flexibility index (Phi) is 4.51. The standard InChI is InChI=1S/C17H15N5O3/c1-11-7-12(2)9-13(8-11)25-17-15(22(23)24)16(19-10-20-17)21-14-5-3-4-6-18-14/h3-10H,1-2H3,(H,18,19,20,21). The van der Waals surface area contributed by atoms with E-state index >= 15 is 0 Å². The number of pyridine rings is 1. The fraction of sp³-hybridized carbons (Fsp3) is 0.118. The highest BCUT2D eigenvalue weighted by Crippen LogP contribution is 2.35. The van der Waals surface area contributed by atoms with Crippen LogP contribution in [-0.4, -0.2) is 19.9 Å². The molecule has 0 spiro atoms. The van der Waals surface area contributed by atoms with Gasteiger partial charge < -0.3 is 10.1 Å². The molecule has 3 rings (SSSR count). The first kappa shape index (κ1) is 16.3. The maximum atomic E-state index is 11.5. The molecule has 0 aliphatic rings. The normalized spacial score (nSPS) is 10.3. The van der Waals surface area contributed by atoms with Gasteiger partial charge in [0.15, 0.2) is 0 Å². The van der Waals surface area contributed by atoms with Gasteiger partial charge in [0.25, 0.3) is 0 Å². The molecule has 25 heavy (non-hydrogen) atoms. The SMILES string of the molecule is Cc1cc(C)cc(Oc2ncnc(Nc3ccccn3)c2[N+](=O)[O-])c1. The number of benzene rings is 1. The second-order valence-electron chi connectivity index (χ2n) is 5.40. The Balaban J connectivity index is 1.99. The van der Waals surface area contributed by atoms with Crippen molar-refractivity contribution in [3.63, 3.8) is 0 Å². The Morgan fingerprint density at radius 1 is 1.08 bits per heavy atom. The zero-order valence-electron chi connectivity index (χ0n) is 13.6. The number of nitro groups is 1. The lowest BCUT2D eigenvalue weighted by atomic mass is 10.1. The van der Waals surface area contributed by atoms with Crippen molar-refractivity contribution >= 4 is 17.3 Å². The zero-order valence-corrected chi connectivity index (χ0v) is 13.6. The molecule has 3 aromatic rings. The third-order valence-electron chi connectivity index (χ3n) is 3.29. The molecule has 0 saturated heterocycles. The Morgan fingerprint density at radius 2 is 1.84 bits per heavy atom. The molecule has 0 radical (unpaired) electrons. The summed E-state index contributed by atoms with van der Waals surface area (Å²) in [4.78, 5) is 22.9. The molecular weight excluding hydrogens is 322 g/mol. The van der Waals surface area contributed by atoms with Crippen molar-refractivity contribution in [2.24, 2.45) is 0 Å². The predicted octanol–water partition coefficient (Wildman–Crippen LogP) is 3.93. The molecule has 0 fully saturated rings. The second-order valence-corrected chi connectivity index (χ2v) is 5.40. The third-order valence-corrected chi connectivity index (χ3v) is 3.29. The van der Waals surface area contributed by atoms with Crippen molar-refractivity contribution in [3.8, 4) is 11.6 Å².